The average molecular weight is 386 g/mol. The van der Waals surface area contributed by atoms with E-state index in [1.807, 2.05) is 0 Å². The number of halogens is 1. The SMILES string of the molecule is C.CS(=O)(=O)c1ccc(N(CC=S(=O)=O)Cc2ccc(F)cc2)nc1. The van der Waals surface area contributed by atoms with E-state index in [2.05, 4.69) is 4.98 Å². The van der Waals surface area contributed by atoms with Crippen LogP contribution < -0.4 is 4.90 Å². The standard InChI is InChI=1S/C15H15FN2O4S2.CH4/c1-24(21,22)14-6-7-15(17-10-14)18(8-9-23(19)20)11-12-2-4-13(16)5-3-12;/h2-7,9-10H,8,11H2,1H3;1H4. The molecule has 0 aliphatic rings. The molecule has 0 saturated carbocycles. The second-order valence-electron chi connectivity index (χ2n) is 5.06. The Hall–Kier alpha value is -2.26. The molecule has 0 aliphatic heterocycles. The van der Waals surface area contributed by atoms with Crippen molar-refractivity contribution in [1.29, 1.82) is 0 Å². The molecule has 0 radical (unpaired) electrons. The summed E-state index contributed by atoms with van der Waals surface area (Å²) in [6.45, 7) is 0.345. The van der Waals surface area contributed by atoms with Crippen LogP contribution in [0.5, 0.6) is 0 Å². The van der Waals surface area contributed by atoms with E-state index in [0.29, 0.717) is 12.4 Å². The second kappa shape index (κ2) is 8.72. The van der Waals surface area contributed by atoms with E-state index in [9.17, 15) is 21.2 Å². The number of pyridine rings is 1. The van der Waals surface area contributed by atoms with Crippen molar-refractivity contribution in [3.05, 3.63) is 54.0 Å². The highest BCUT2D eigenvalue weighted by atomic mass is 32.2. The van der Waals surface area contributed by atoms with E-state index in [4.69, 9.17) is 0 Å². The van der Waals surface area contributed by atoms with Crippen molar-refractivity contribution >= 4 is 31.3 Å². The van der Waals surface area contributed by atoms with Crippen molar-refractivity contribution in [2.45, 2.75) is 18.9 Å². The Balaban J connectivity index is 0.00000312. The molecule has 25 heavy (non-hydrogen) atoms. The first-order chi connectivity index (χ1) is 11.3. The van der Waals surface area contributed by atoms with Crippen LogP contribution in [0.4, 0.5) is 10.2 Å². The van der Waals surface area contributed by atoms with Gasteiger partial charge in [0.1, 0.15) is 11.6 Å². The van der Waals surface area contributed by atoms with Gasteiger partial charge in [0.15, 0.2) is 9.84 Å². The molecule has 0 fully saturated rings. The van der Waals surface area contributed by atoms with Crippen LogP contribution in [0.2, 0.25) is 0 Å². The Kier molecular flexibility index (Phi) is 7.25. The molecule has 2 aromatic rings. The van der Waals surface area contributed by atoms with Crippen LogP contribution in [-0.2, 0) is 26.7 Å². The minimum absolute atomic E-state index is 0. The van der Waals surface area contributed by atoms with Crippen LogP contribution in [0.3, 0.4) is 0 Å². The van der Waals surface area contributed by atoms with Crippen molar-refractivity contribution in [2.24, 2.45) is 0 Å². The molecule has 0 bridgehead atoms. The van der Waals surface area contributed by atoms with Crippen molar-refractivity contribution < 1.29 is 21.2 Å². The molecule has 0 unspecified atom stereocenters. The minimum Gasteiger partial charge on any atom is -0.348 e. The van der Waals surface area contributed by atoms with Crippen LogP contribution in [-0.4, -0.2) is 40.0 Å². The predicted octanol–water partition coefficient (Wildman–Crippen LogP) is 1.95. The molecule has 136 valence electrons. The summed E-state index contributed by atoms with van der Waals surface area (Å²) in [7, 11) is -5.70. The van der Waals surface area contributed by atoms with Gasteiger partial charge in [0, 0.05) is 19.0 Å². The molecule has 0 spiro atoms. The van der Waals surface area contributed by atoms with Crippen molar-refractivity contribution in [3.8, 4) is 0 Å². The molecule has 0 atom stereocenters. The summed E-state index contributed by atoms with van der Waals surface area (Å²) in [5, 5.41) is 1.07. The van der Waals surface area contributed by atoms with Gasteiger partial charge in [0.25, 0.3) is 0 Å². The van der Waals surface area contributed by atoms with E-state index in [1.165, 1.54) is 30.5 Å². The largest absolute Gasteiger partial charge is 0.348 e. The number of nitrogens with zero attached hydrogens (tertiary/aromatic N) is 2. The number of anilines is 1. The monoisotopic (exact) mass is 386 g/mol. The lowest BCUT2D eigenvalue weighted by atomic mass is 10.2. The zero-order chi connectivity index (χ0) is 17.7. The summed E-state index contributed by atoms with van der Waals surface area (Å²) in [4.78, 5) is 5.80. The first-order valence-electron chi connectivity index (χ1n) is 6.82. The van der Waals surface area contributed by atoms with Gasteiger partial charge in [-0.05, 0) is 29.8 Å². The van der Waals surface area contributed by atoms with Crippen LogP contribution in [0.15, 0.2) is 47.5 Å². The van der Waals surface area contributed by atoms with Crippen LogP contribution in [0, 0.1) is 5.82 Å². The summed E-state index contributed by atoms with van der Waals surface area (Å²) in [5.74, 6) is 0.0431. The first kappa shape index (κ1) is 20.8. The van der Waals surface area contributed by atoms with E-state index in [0.717, 1.165) is 17.2 Å². The highest BCUT2D eigenvalue weighted by Gasteiger charge is 2.12. The second-order valence-corrected chi connectivity index (χ2v) is 7.93. The van der Waals surface area contributed by atoms with Crippen molar-refractivity contribution in [1.82, 2.24) is 4.98 Å². The molecular weight excluding hydrogens is 367 g/mol. The van der Waals surface area contributed by atoms with E-state index < -0.39 is 20.1 Å². The zero-order valence-electron chi connectivity index (χ0n) is 12.8. The fourth-order valence-electron chi connectivity index (χ4n) is 1.98. The zero-order valence-corrected chi connectivity index (χ0v) is 14.4. The fraction of sp³-hybridized carbons (Fsp3) is 0.250. The van der Waals surface area contributed by atoms with Crippen LogP contribution in [0.1, 0.15) is 13.0 Å². The number of hydrogen-bond donors (Lipinski definition) is 0. The maximum Gasteiger partial charge on any atom is 0.211 e. The molecule has 1 aromatic heterocycles. The van der Waals surface area contributed by atoms with Gasteiger partial charge < -0.3 is 4.90 Å². The summed E-state index contributed by atoms with van der Waals surface area (Å²) >= 11 is 0. The van der Waals surface area contributed by atoms with E-state index >= 15 is 0 Å². The minimum atomic E-state index is -3.36. The third-order valence-electron chi connectivity index (χ3n) is 3.19. The number of aromatic nitrogens is 1. The molecule has 9 heteroatoms. The topological polar surface area (TPSA) is 84.4 Å². The molecule has 6 nitrogen and oxygen atoms in total. The lowest BCUT2D eigenvalue weighted by Crippen LogP contribution is -2.26. The van der Waals surface area contributed by atoms with E-state index in [-0.39, 0.29) is 24.7 Å². The van der Waals surface area contributed by atoms with Crippen LogP contribution in [0.25, 0.3) is 0 Å². The fourth-order valence-corrected chi connectivity index (χ4v) is 2.84. The number of hydrogen-bond acceptors (Lipinski definition) is 6. The van der Waals surface area contributed by atoms with Crippen molar-refractivity contribution in [3.63, 3.8) is 0 Å². The maximum absolute atomic E-state index is 13.0. The van der Waals surface area contributed by atoms with Gasteiger partial charge >= 0.3 is 0 Å². The van der Waals surface area contributed by atoms with Crippen molar-refractivity contribution in [2.75, 3.05) is 17.7 Å². The third-order valence-corrected chi connectivity index (χ3v) is 4.71. The van der Waals surface area contributed by atoms with Gasteiger partial charge in [-0.25, -0.2) is 17.8 Å². The molecule has 1 heterocycles. The Bertz CT molecular complexity index is 931. The summed E-state index contributed by atoms with van der Waals surface area (Å²) in [6, 6.07) is 8.69. The Labute approximate surface area is 148 Å². The number of benzene rings is 1. The van der Waals surface area contributed by atoms with Gasteiger partial charge in [-0.3, -0.25) is 0 Å². The summed E-state index contributed by atoms with van der Waals surface area (Å²) < 4.78 is 57.5. The first-order valence-corrected chi connectivity index (χ1v) is 9.85. The highest BCUT2D eigenvalue weighted by molar-refractivity contribution is 7.90. The molecular formula is C16H19FN2O4S2. The lowest BCUT2D eigenvalue weighted by Gasteiger charge is -2.22. The van der Waals surface area contributed by atoms with Crippen LogP contribution >= 0.6 is 0 Å². The Morgan fingerprint density at radius 3 is 2.28 bits per heavy atom. The van der Waals surface area contributed by atoms with Gasteiger partial charge in [-0.15, -0.1) is 0 Å². The van der Waals surface area contributed by atoms with Gasteiger partial charge in [0.05, 0.1) is 16.8 Å². The number of sulfone groups is 1. The van der Waals surface area contributed by atoms with Gasteiger partial charge in [-0.2, -0.15) is 8.42 Å². The average Bonchev–Trinajstić information content (AvgIpc) is 2.52. The molecule has 0 amide bonds. The van der Waals surface area contributed by atoms with Gasteiger partial charge in [0.2, 0.25) is 10.3 Å². The summed E-state index contributed by atoms with van der Waals surface area (Å²) in [5.41, 5.74) is 0.760. The third kappa shape index (κ3) is 6.28. The smallest absolute Gasteiger partial charge is 0.211 e. The Morgan fingerprint density at radius 2 is 1.80 bits per heavy atom. The number of rotatable bonds is 6. The normalized spacial score (nSPS) is 10.6. The molecule has 0 aliphatic carbocycles. The Morgan fingerprint density at radius 1 is 1.16 bits per heavy atom. The van der Waals surface area contributed by atoms with E-state index in [1.54, 1.807) is 17.0 Å². The quantitative estimate of drug-likeness (QED) is 0.706. The van der Waals surface area contributed by atoms with Gasteiger partial charge in [-0.1, -0.05) is 19.6 Å². The molecule has 0 saturated heterocycles. The maximum atomic E-state index is 13.0. The predicted molar refractivity (Wildman–Crippen MR) is 96.5 cm³/mol. The lowest BCUT2D eigenvalue weighted by molar-refractivity contribution is 0.601. The molecule has 2 rings (SSSR count). The highest BCUT2D eigenvalue weighted by Crippen LogP contribution is 2.17. The molecule has 0 N–H and O–H groups in total. The summed E-state index contributed by atoms with van der Waals surface area (Å²) in [6.07, 6.45) is 2.30. The molecule has 1 aromatic carbocycles.